The molecular formula is C11H18N2O4S2. The van der Waals surface area contributed by atoms with Crippen molar-refractivity contribution < 1.29 is 16.8 Å². The van der Waals surface area contributed by atoms with Gasteiger partial charge in [-0.1, -0.05) is 12.1 Å². The van der Waals surface area contributed by atoms with Crippen molar-refractivity contribution in [2.24, 2.45) is 5.73 Å². The number of sulfone groups is 1. The van der Waals surface area contributed by atoms with Crippen molar-refractivity contribution in [2.45, 2.75) is 23.6 Å². The van der Waals surface area contributed by atoms with Crippen molar-refractivity contribution >= 4 is 19.9 Å². The minimum atomic E-state index is -3.44. The molecule has 0 aliphatic rings. The van der Waals surface area contributed by atoms with Gasteiger partial charge in [0.05, 0.1) is 10.1 Å². The fourth-order valence-electron chi connectivity index (χ4n) is 1.31. The van der Waals surface area contributed by atoms with Gasteiger partial charge in [0.15, 0.2) is 9.84 Å². The molecule has 6 nitrogen and oxygen atoms in total. The highest BCUT2D eigenvalue weighted by Crippen LogP contribution is 2.10. The molecule has 19 heavy (non-hydrogen) atoms. The van der Waals surface area contributed by atoms with Crippen molar-refractivity contribution in [1.29, 1.82) is 0 Å². The van der Waals surface area contributed by atoms with E-state index in [-0.39, 0.29) is 18.0 Å². The number of sulfonamides is 1. The monoisotopic (exact) mass is 306 g/mol. The fraction of sp³-hybridized carbons (Fsp3) is 0.455. The molecule has 1 aromatic rings. The normalized spacial score (nSPS) is 14.3. The molecule has 0 spiro atoms. The Kier molecular flexibility index (Phi) is 5.08. The number of hydrogen-bond donors (Lipinski definition) is 2. The number of nitrogens with two attached hydrogens (primary N) is 1. The van der Waals surface area contributed by atoms with Crippen LogP contribution in [0.2, 0.25) is 0 Å². The van der Waals surface area contributed by atoms with Crippen LogP contribution in [0, 0.1) is 0 Å². The number of benzene rings is 1. The zero-order chi connectivity index (χ0) is 14.7. The first kappa shape index (κ1) is 16.1. The summed E-state index contributed by atoms with van der Waals surface area (Å²) in [6, 6.07) is 6.05. The molecule has 0 saturated carbocycles. The Hall–Kier alpha value is -0.960. The number of hydrogen-bond acceptors (Lipinski definition) is 5. The zero-order valence-electron chi connectivity index (χ0n) is 10.8. The molecule has 0 aromatic heterocycles. The molecule has 3 N–H and O–H groups in total. The first-order chi connectivity index (χ1) is 8.66. The topological polar surface area (TPSA) is 106 Å². The van der Waals surface area contributed by atoms with Gasteiger partial charge in [-0.2, -0.15) is 0 Å². The molecule has 0 aliphatic heterocycles. The molecule has 1 aromatic carbocycles. The third-order valence-corrected chi connectivity index (χ3v) is 5.62. The highest BCUT2D eigenvalue weighted by molar-refractivity contribution is 7.90. The Morgan fingerprint density at radius 2 is 1.68 bits per heavy atom. The minimum Gasteiger partial charge on any atom is -0.329 e. The van der Waals surface area contributed by atoms with Gasteiger partial charge in [0.2, 0.25) is 10.0 Å². The van der Waals surface area contributed by atoms with E-state index in [0.717, 1.165) is 6.26 Å². The molecule has 0 aliphatic carbocycles. The summed E-state index contributed by atoms with van der Waals surface area (Å²) in [4.78, 5) is 0.203. The Bertz CT molecular complexity index is 621. The van der Waals surface area contributed by atoms with E-state index in [1.807, 2.05) is 0 Å². The summed E-state index contributed by atoms with van der Waals surface area (Å²) in [5.41, 5.74) is 5.99. The quantitative estimate of drug-likeness (QED) is 0.760. The smallest absolute Gasteiger partial charge is 0.215 e. The van der Waals surface area contributed by atoms with Gasteiger partial charge in [-0.25, -0.2) is 21.6 Å². The molecule has 108 valence electrons. The van der Waals surface area contributed by atoms with Crippen LogP contribution < -0.4 is 10.5 Å². The molecule has 0 fully saturated rings. The third-order valence-electron chi connectivity index (χ3n) is 2.69. The highest BCUT2D eigenvalue weighted by Gasteiger charge is 2.18. The molecule has 0 radical (unpaired) electrons. The van der Waals surface area contributed by atoms with Gasteiger partial charge in [-0.05, 0) is 24.6 Å². The van der Waals surface area contributed by atoms with Crippen molar-refractivity contribution in [2.75, 3.05) is 12.8 Å². The van der Waals surface area contributed by atoms with Crippen molar-refractivity contribution in [3.05, 3.63) is 29.8 Å². The summed E-state index contributed by atoms with van der Waals surface area (Å²) in [5.74, 6) is 0. The molecule has 0 heterocycles. The van der Waals surface area contributed by atoms with E-state index in [2.05, 4.69) is 4.72 Å². The van der Waals surface area contributed by atoms with Crippen LogP contribution in [-0.4, -0.2) is 34.9 Å². The van der Waals surface area contributed by atoms with Crippen LogP contribution in [-0.2, 0) is 26.4 Å². The summed E-state index contributed by atoms with van der Waals surface area (Å²) in [6.45, 7) is 1.67. The Morgan fingerprint density at radius 3 is 2.11 bits per heavy atom. The Morgan fingerprint density at radius 1 is 1.16 bits per heavy atom. The van der Waals surface area contributed by atoms with Gasteiger partial charge in [0.25, 0.3) is 0 Å². The fourth-order valence-corrected chi connectivity index (χ4v) is 2.84. The Labute approximate surface area is 114 Å². The maximum absolute atomic E-state index is 11.7. The van der Waals surface area contributed by atoms with E-state index in [9.17, 15) is 16.8 Å². The number of rotatable bonds is 6. The maximum atomic E-state index is 11.7. The van der Waals surface area contributed by atoms with Crippen LogP contribution in [0.15, 0.2) is 29.2 Å². The predicted molar refractivity (Wildman–Crippen MR) is 73.8 cm³/mol. The second-order valence-electron chi connectivity index (χ2n) is 4.33. The van der Waals surface area contributed by atoms with Gasteiger partial charge in [-0.15, -0.1) is 0 Å². The summed E-state index contributed by atoms with van der Waals surface area (Å²) < 4.78 is 48.3. The van der Waals surface area contributed by atoms with Crippen molar-refractivity contribution in [3.63, 3.8) is 0 Å². The van der Waals surface area contributed by atoms with Crippen LogP contribution >= 0.6 is 0 Å². The summed E-state index contributed by atoms with van der Waals surface area (Å²) in [5, 5.41) is -0.664. The van der Waals surface area contributed by atoms with E-state index in [1.54, 1.807) is 12.1 Å². The van der Waals surface area contributed by atoms with Crippen LogP contribution in [0.1, 0.15) is 12.5 Å². The van der Waals surface area contributed by atoms with E-state index >= 15 is 0 Å². The summed E-state index contributed by atoms with van der Waals surface area (Å²) >= 11 is 0. The second-order valence-corrected chi connectivity index (χ2v) is 8.53. The second kappa shape index (κ2) is 6.00. The van der Waals surface area contributed by atoms with Crippen LogP contribution in [0.25, 0.3) is 0 Å². The molecule has 1 unspecified atom stereocenters. The number of nitrogens with one attached hydrogen (secondary N) is 1. The molecule has 8 heteroatoms. The first-order valence-corrected chi connectivity index (χ1v) is 9.08. The zero-order valence-corrected chi connectivity index (χ0v) is 12.5. The van der Waals surface area contributed by atoms with Gasteiger partial charge in [-0.3, -0.25) is 0 Å². The lowest BCUT2D eigenvalue weighted by Crippen LogP contribution is -2.36. The standard InChI is InChI=1S/C11H18N2O4S2/c1-9(7-12)19(16,17)13-8-10-3-5-11(6-4-10)18(2,14)15/h3-6,9,13H,7-8,12H2,1-2H3. The highest BCUT2D eigenvalue weighted by atomic mass is 32.2. The van der Waals surface area contributed by atoms with Gasteiger partial charge in [0, 0.05) is 19.3 Å². The average molecular weight is 306 g/mol. The van der Waals surface area contributed by atoms with Crippen LogP contribution in [0.5, 0.6) is 0 Å². The minimum absolute atomic E-state index is 0.0440. The predicted octanol–water partition coefficient (Wildman–Crippen LogP) is -0.143. The summed E-state index contributed by atoms with van der Waals surface area (Å²) in [7, 11) is -6.68. The molecule has 0 bridgehead atoms. The SMILES string of the molecule is CC(CN)S(=O)(=O)NCc1ccc(S(C)(=O)=O)cc1. The van der Waals surface area contributed by atoms with Crippen molar-refractivity contribution in [3.8, 4) is 0 Å². The lowest BCUT2D eigenvalue weighted by Gasteiger charge is -2.11. The van der Waals surface area contributed by atoms with Crippen molar-refractivity contribution in [1.82, 2.24) is 4.72 Å². The molecule has 0 saturated heterocycles. The molecular weight excluding hydrogens is 288 g/mol. The molecule has 1 rings (SSSR count). The van der Waals surface area contributed by atoms with Crippen LogP contribution in [0.3, 0.4) is 0 Å². The van der Waals surface area contributed by atoms with E-state index in [1.165, 1.54) is 19.1 Å². The van der Waals surface area contributed by atoms with Gasteiger partial charge in [0.1, 0.15) is 0 Å². The van der Waals surface area contributed by atoms with E-state index in [4.69, 9.17) is 5.73 Å². The van der Waals surface area contributed by atoms with E-state index < -0.39 is 25.1 Å². The average Bonchev–Trinajstić information content (AvgIpc) is 2.35. The lowest BCUT2D eigenvalue weighted by atomic mass is 10.2. The molecule has 1 atom stereocenters. The Balaban J connectivity index is 2.76. The lowest BCUT2D eigenvalue weighted by molar-refractivity contribution is 0.568. The van der Waals surface area contributed by atoms with Gasteiger partial charge < -0.3 is 5.73 Å². The third kappa shape index (κ3) is 4.57. The first-order valence-electron chi connectivity index (χ1n) is 5.64. The van der Waals surface area contributed by atoms with Crippen LogP contribution in [0.4, 0.5) is 0 Å². The van der Waals surface area contributed by atoms with Gasteiger partial charge >= 0.3 is 0 Å². The maximum Gasteiger partial charge on any atom is 0.215 e. The summed E-state index contributed by atoms with van der Waals surface area (Å²) in [6.07, 6.45) is 1.12. The van der Waals surface area contributed by atoms with E-state index in [0.29, 0.717) is 5.56 Å². The largest absolute Gasteiger partial charge is 0.329 e. The molecule has 0 amide bonds.